The van der Waals surface area contributed by atoms with Crippen LogP contribution in [0.15, 0.2) is 0 Å². The third kappa shape index (κ3) is 12.4. The summed E-state index contributed by atoms with van der Waals surface area (Å²) < 4.78 is 30.5. The van der Waals surface area contributed by atoms with E-state index in [4.69, 9.17) is 6.42 Å². The van der Waals surface area contributed by atoms with Crippen molar-refractivity contribution in [3.05, 3.63) is 0 Å². The summed E-state index contributed by atoms with van der Waals surface area (Å²) in [6.07, 6.45) is 16.5. The number of hydrogen-bond donors (Lipinski definition) is 2. The van der Waals surface area contributed by atoms with Gasteiger partial charge in [-0.3, -0.25) is 0 Å². The molecule has 0 bridgehead atoms. The summed E-state index contributed by atoms with van der Waals surface area (Å²) in [5.41, 5.74) is 0. The highest BCUT2D eigenvalue weighted by Crippen LogP contribution is 2.19. The van der Waals surface area contributed by atoms with E-state index >= 15 is 0 Å². The molecule has 0 aliphatic rings. The fraction of sp³-hybridized carbons (Fsp3) is 0.867. The van der Waals surface area contributed by atoms with Crippen molar-refractivity contribution in [1.29, 1.82) is 0 Å². The van der Waals surface area contributed by atoms with Crippen LogP contribution < -0.4 is 0 Å². The predicted molar refractivity (Wildman–Crippen MR) is 83.8 cm³/mol. The second-order valence-corrected chi connectivity index (χ2v) is 8.49. The van der Waals surface area contributed by atoms with E-state index in [1.165, 1.54) is 44.9 Å². The molecule has 0 aromatic rings. The van der Waals surface area contributed by atoms with Crippen LogP contribution in [0, 0.1) is 12.3 Å². The summed E-state index contributed by atoms with van der Waals surface area (Å²) in [7, 11) is -4.50. The average Bonchev–Trinajstić information content (AvgIpc) is 2.30. The van der Waals surface area contributed by atoms with Crippen LogP contribution in [0.25, 0.3) is 0 Å². The van der Waals surface area contributed by atoms with E-state index in [0.29, 0.717) is 6.42 Å². The Kier molecular flexibility index (Phi) is 9.34. The van der Waals surface area contributed by atoms with Crippen LogP contribution in [0.3, 0.4) is 0 Å². The van der Waals surface area contributed by atoms with Crippen LogP contribution in [0.2, 0.25) is 0 Å². The molecule has 4 heteroatoms. The molecule has 114 valence electrons. The minimum absolute atomic E-state index is 0.0854. The van der Waals surface area contributed by atoms with Crippen molar-refractivity contribution in [2.45, 2.75) is 71.1 Å². The predicted octanol–water partition coefficient (Wildman–Crippen LogP) is 4.31. The summed E-state index contributed by atoms with van der Waals surface area (Å²) in [5.74, 6) is 1.53. The molecule has 0 aromatic carbocycles. The fourth-order valence-electron chi connectivity index (χ4n) is 2.12. The van der Waals surface area contributed by atoms with Gasteiger partial charge in [-0.2, -0.15) is 0 Å². The molecule has 0 amide bonds. The standard InChI is InChI=1S/C15H30O3S/c1-3-5-6-7-8-9-10-11-12-13-15-19(16,17,18)14-4-2/h2H,3,5-15H2,1H3,(H2,16,17,18). The minimum atomic E-state index is -4.50. The lowest BCUT2D eigenvalue weighted by atomic mass is 10.1. The van der Waals surface area contributed by atoms with E-state index in [9.17, 15) is 13.3 Å². The first-order valence-corrected chi connectivity index (χ1v) is 9.68. The Morgan fingerprint density at radius 1 is 0.895 bits per heavy atom. The lowest BCUT2D eigenvalue weighted by Crippen LogP contribution is -2.38. The van der Waals surface area contributed by atoms with Gasteiger partial charge in [0.25, 0.3) is 0 Å². The Morgan fingerprint density at radius 2 is 1.32 bits per heavy atom. The van der Waals surface area contributed by atoms with Crippen LogP contribution in [0.1, 0.15) is 71.1 Å². The Hall–Kier alpha value is -0.370. The Labute approximate surface area is 118 Å². The van der Waals surface area contributed by atoms with Gasteiger partial charge in [0.05, 0.1) is 9.63 Å². The number of hydrogen-bond acceptors (Lipinski definition) is 1. The molecule has 0 spiro atoms. The molecule has 0 unspecified atom stereocenters. The monoisotopic (exact) mass is 290 g/mol. The smallest absolute Gasteiger partial charge is 0.107 e. The Balaban J connectivity index is 3.42. The van der Waals surface area contributed by atoms with Crippen LogP contribution >= 0.6 is 0 Å². The maximum Gasteiger partial charge on any atom is 0.107 e. The molecule has 0 aliphatic heterocycles. The van der Waals surface area contributed by atoms with Crippen molar-refractivity contribution in [3.8, 4) is 12.3 Å². The molecule has 0 heterocycles. The molecule has 0 atom stereocenters. The highest BCUT2D eigenvalue weighted by molar-refractivity contribution is 8.10. The van der Waals surface area contributed by atoms with Crippen molar-refractivity contribution in [2.24, 2.45) is 0 Å². The molecule has 0 saturated heterocycles. The van der Waals surface area contributed by atoms with Crippen LogP contribution in [-0.2, 0) is 9.63 Å². The van der Waals surface area contributed by atoms with Crippen molar-refractivity contribution >= 4 is 9.63 Å². The topological polar surface area (TPSA) is 57.5 Å². The maximum absolute atomic E-state index is 11.6. The molecule has 2 N–H and O–H groups in total. The van der Waals surface area contributed by atoms with E-state index in [2.05, 4.69) is 12.8 Å². The van der Waals surface area contributed by atoms with Gasteiger partial charge < -0.3 is 9.11 Å². The van der Waals surface area contributed by atoms with E-state index in [1.807, 2.05) is 0 Å². The molecule has 19 heavy (non-hydrogen) atoms. The summed E-state index contributed by atoms with van der Waals surface area (Å²) in [4.78, 5) is 0. The van der Waals surface area contributed by atoms with Gasteiger partial charge in [-0.15, -0.1) is 6.42 Å². The fourth-order valence-corrected chi connectivity index (χ4v) is 3.38. The molecule has 0 aliphatic carbocycles. The molecule has 0 saturated carbocycles. The van der Waals surface area contributed by atoms with Crippen molar-refractivity contribution < 1.29 is 13.3 Å². The zero-order valence-electron chi connectivity index (χ0n) is 12.3. The quantitative estimate of drug-likeness (QED) is 0.416. The summed E-state index contributed by atoms with van der Waals surface area (Å²) in [6, 6.07) is 0. The average molecular weight is 290 g/mol. The van der Waals surface area contributed by atoms with Gasteiger partial charge in [0, 0.05) is 5.75 Å². The van der Waals surface area contributed by atoms with Crippen molar-refractivity contribution in [1.82, 2.24) is 0 Å². The van der Waals surface area contributed by atoms with Gasteiger partial charge in [-0.05, 0) is 6.42 Å². The SMILES string of the molecule is C#CCS(=O)(O)(O)CCCCCCCCCCCC. The minimum Gasteiger partial charge on any atom is -0.307 e. The first kappa shape index (κ1) is 18.6. The largest absolute Gasteiger partial charge is 0.307 e. The molecular weight excluding hydrogens is 260 g/mol. The number of unbranched alkanes of at least 4 members (excludes halogenated alkanes) is 9. The van der Waals surface area contributed by atoms with Gasteiger partial charge in [-0.1, -0.05) is 70.6 Å². The molecule has 3 nitrogen and oxygen atoms in total. The second-order valence-electron chi connectivity index (χ2n) is 5.42. The van der Waals surface area contributed by atoms with Gasteiger partial charge in [-0.25, -0.2) is 4.21 Å². The van der Waals surface area contributed by atoms with E-state index in [-0.39, 0.29) is 5.75 Å². The van der Waals surface area contributed by atoms with E-state index < -0.39 is 15.4 Å². The van der Waals surface area contributed by atoms with Gasteiger partial charge in [0.15, 0.2) is 0 Å². The molecule has 0 radical (unpaired) electrons. The Bertz CT molecular complexity index is 325. The number of terminal acetylenes is 1. The van der Waals surface area contributed by atoms with Crippen LogP contribution in [0.4, 0.5) is 0 Å². The van der Waals surface area contributed by atoms with Crippen LogP contribution in [0.5, 0.6) is 0 Å². The highest BCUT2D eigenvalue weighted by atomic mass is 32.3. The zero-order valence-corrected chi connectivity index (χ0v) is 13.1. The van der Waals surface area contributed by atoms with E-state index in [1.54, 1.807) is 0 Å². The summed E-state index contributed by atoms with van der Waals surface area (Å²) in [5, 5.41) is 0. The summed E-state index contributed by atoms with van der Waals surface area (Å²) >= 11 is 0. The first-order chi connectivity index (χ1) is 8.89. The zero-order chi connectivity index (χ0) is 14.6. The first-order valence-electron chi connectivity index (χ1n) is 7.46. The molecule has 0 fully saturated rings. The third-order valence-electron chi connectivity index (χ3n) is 3.28. The summed E-state index contributed by atoms with van der Waals surface area (Å²) in [6.45, 7) is 2.22. The van der Waals surface area contributed by atoms with E-state index in [0.717, 1.165) is 12.8 Å². The normalized spacial score (nSPS) is 13.7. The second kappa shape index (κ2) is 9.52. The van der Waals surface area contributed by atoms with Gasteiger partial charge in [0.2, 0.25) is 0 Å². The molecule has 0 rings (SSSR count). The lowest BCUT2D eigenvalue weighted by Gasteiger charge is -2.28. The highest BCUT2D eigenvalue weighted by Gasteiger charge is 2.27. The van der Waals surface area contributed by atoms with Crippen molar-refractivity contribution in [2.75, 3.05) is 11.5 Å². The number of rotatable bonds is 12. The molecule has 0 aromatic heterocycles. The maximum atomic E-state index is 11.6. The van der Waals surface area contributed by atoms with Crippen molar-refractivity contribution in [3.63, 3.8) is 0 Å². The lowest BCUT2D eigenvalue weighted by molar-refractivity contribution is 0.391. The van der Waals surface area contributed by atoms with Gasteiger partial charge in [0.1, 0.15) is 5.75 Å². The van der Waals surface area contributed by atoms with Crippen LogP contribution in [-0.4, -0.2) is 24.8 Å². The Morgan fingerprint density at radius 3 is 1.74 bits per heavy atom. The third-order valence-corrected chi connectivity index (χ3v) is 5.14. The van der Waals surface area contributed by atoms with Gasteiger partial charge >= 0.3 is 0 Å². The molecular formula is C15H30O3S.